The molecule has 3 aromatic rings. The van der Waals surface area contributed by atoms with E-state index in [1.54, 1.807) is 42.5 Å². The van der Waals surface area contributed by atoms with Crippen molar-refractivity contribution in [2.45, 2.75) is 31.6 Å². The maximum absolute atomic E-state index is 13.5. The maximum Gasteiger partial charge on any atom is 0.406 e. The second-order valence-corrected chi connectivity index (χ2v) is 11.5. The quantitative estimate of drug-likeness (QED) is 0.376. The van der Waals surface area contributed by atoms with E-state index in [4.69, 9.17) is 4.74 Å². The Bertz CT molecular complexity index is 1520. The first-order valence-electron chi connectivity index (χ1n) is 12.3. The summed E-state index contributed by atoms with van der Waals surface area (Å²) < 4.78 is 70.5. The van der Waals surface area contributed by atoms with Crippen LogP contribution < -0.4 is 20.7 Å². The van der Waals surface area contributed by atoms with Gasteiger partial charge < -0.3 is 25.3 Å². The fourth-order valence-corrected chi connectivity index (χ4v) is 6.01. The van der Waals surface area contributed by atoms with Crippen LogP contribution in [-0.2, 0) is 16.4 Å². The summed E-state index contributed by atoms with van der Waals surface area (Å²) in [5.74, 6) is 6.05. The molecule has 2 heterocycles. The Kier molecular flexibility index (Phi) is 8.30. The molecular formula is C27H29F3N4O4S. The maximum atomic E-state index is 13.5. The third-order valence-corrected chi connectivity index (χ3v) is 8.19. The zero-order valence-electron chi connectivity index (χ0n) is 21.5. The summed E-state index contributed by atoms with van der Waals surface area (Å²) in [5, 5.41) is 9.51. The topological polar surface area (TPSA) is 101 Å². The van der Waals surface area contributed by atoms with Crippen molar-refractivity contribution in [3.63, 3.8) is 0 Å². The molecule has 0 saturated carbocycles. The first-order valence-corrected chi connectivity index (χ1v) is 14.1. The van der Waals surface area contributed by atoms with Gasteiger partial charge in [-0.25, -0.2) is 8.42 Å². The summed E-state index contributed by atoms with van der Waals surface area (Å²) in [6.45, 7) is -1.08. The van der Waals surface area contributed by atoms with Crippen molar-refractivity contribution in [3.05, 3.63) is 53.7 Å². The number of nitrogens with zero attached hydrogens (tertiary/aromatic N) is 1. The highest BCUT2D eigenvalue weighted by Crippen LogP contribution is 2.31. The van der Waals surface area contributed by atoms with Crippen LogP contribution in [0.15, 0.2) is 42.5 Å². The second kappa shape index (κ2) is 11.5. The molecule has 1 aromatic heterocycles. The molecule has 39 heavy (non-hydrogen) atoms. The number of hydrogen-bond acceptors (Lipinski definition) is 6. The van der Waals surface area contributed by atoms with Gasteiger partial charge in [0.1, 0.15) is 22.1 Å². The number of anilines is 2. The van der Waals surface area contributed by atoms with Gasteiger partial charge in [0.15, 0.2) is 0 Å². The Morgan fingerprint density at radius 1 is 1.13 bits per heavy atom. The van der Waals surface area contributed by atoms with Crippen LogP contribution in [0.3, 0.4) is 0 Å². The Balaban J connectivity index is 1.58. The predicted molar refractivity (Wildman–Crippen MR) is 145 cm³/mol. The highest BCUT2D eigenvalue weighted by Gasteiger charge is 2.30. The zero-order valence-corrected chi connectivity index (χ0v) is 22.3. The van der Waals surface area contributed by atoms with Gasteiger partial charge in [0, 0.05) is 29.7 Å². The van der Waals surface area contributed by atoms with Crippen LogP contribution in [0.25, 0.3) is 10.9 Å². The van der Waals surface area contributed by atoms with E-state index in [2.05, 4.69) is 27.8 Å². The van der Waals surface area contributed by atoms with Gasteiger partial charge in [-0.15, -0.1) is 0 Å². The van der Waals surface area contributed by atoms with Crippen molar-refractivity contribution in [3.8, 4) is 17.6 Å². The number of hydrogen-bond donors (Lipinski definition) is 3. The van der Waals surface area contributed by atoms with Gasteiger partial charge in [-0.2, -0.15) is 13.2 Å². The molecule has 3 N–H and O–H groups in total. The largest absolute Gasteiger partial charge is 0.495 e. The Hall–Kier alpha value is -3.85. The standard InChI is InChI=1S/C27H29F3N4O4S/c1-31-26(35)18-8-9-23(25(15-18)38-2)32-12-4-5-20-16-21-22(33-19-10-13-39(36,37)14-11-19)6-3-7-24(21)34(20)17-27(28,29)30/h3,6-9,15-16,19,32-33H,10-14,17H2,1-2H3,(H,31,35). The van der Waals surface area contributed by atoms with E-state index in [9.17, 15) is 26.4 Å². The normalized spacial score (nSPS) is 15.3. The minimum absolute atomic E-state index is 0.0821. The van der Waals surface area contributed by atoms with E-state index < -0.39 is 22.6 Å². The van der Waals surface area contributed by atoms with E-state index in [0.717, 1.165) is 4.57 Å². The Morgan fingerprint density at radius 2 is 1.87 bits per heavy atom. The van der Waals surface area contributed by atoms with Crippen LogP contribution in [0.2, 0.25) is 0 Å². The number of alkyl halides is 3. The van der Waals surface area contributed by atoms with Gasteiger partial charge in [-0.3, -0.25) is 4.79 Å². The molecule has 0 aliphatic carbocycles. The zero-order chi connectivity index (χ0) is 28.2. The number of aromatic nitrogens is 1. The van der Waals surface area contributed by atoms with Gasteiger partial charge in [0.25, 0.3) is 5.91 Å². The number of methoxy groups -OCH3 is 1. The SMILES string of the molecule is CNC(=O)c1ccc(NCC#Cc2cc3c(NC4CCS(=O)(=O)CC4)cccc3n2CC(F)(F)F)c(OC)c1. The fourth-order valence-electron chi connectivity index (χ4n) is 4.51. The van der Waals surface area contributed by atoms with Crippen molar-refractivity contribution in [2.24, 2.45) is 0 Å². The number of carbonyl (C=O) groups excluding carboxylic acids is 1. The number of rotatable bonds is 7. The van der Waals surface area contributed by atoms with Crippen LogP contribution in [0, 0.1) is 11.8 Å². The van der Waals surface area contributed by atoms with Gasteiger partial charge in [0.2, 0.25) is 0 Å². The number of fused-ring (bicyclic) bond motifs is 1. The molecule has 0 spiro atoms. The molecule has 1 amide bonds. The molecule has 1 aliphatic heterocycles. The van der Waals surface area contributed by atoms with Crippen molar-refractivity contribution >= 4 is 38.0 Å². The molecule has 4 rings (SSSR count). The summed E-state index contributed by atoms with van der Waals surface area (Å²) in [5.41, 5.74) is 2.22. The van der Waals surface area contributed by atoms with Crippen LogP contribution >= 0.6 is 0 Å². The monoisotopic (exact) mass is 562 g/mol. The number of nitrogens with one attached hydrogen (secondary N) is 3. The number of halogens is 3. The Morgan fingerprint density at radius 3 is 2.54 bits per heavy atom. The highest BCUT2D eigenvalue weighted by atomic mass is 32.2. The molecule has 1 saturated heterocycles. The lowest BCUT2D eigenvalue weighted by Gasteiger charge is -2.24. The smallest absolute Gasteiger partial charge is 0.406 e. The minimum Gasteiger partial charge on any atom is -0.495 e. The lowest BCUT2D eigenvalue weighted by atomic mass is 10.1. The van der Waals surface area contributed by atoms with Crippen LogP contribution in [0.5, 0.6) is 5.75 Å². The molecule has 12 heteroatoms. The third kappa shape index (κ3) is 6.97. The van der Waals surface area contributed by atoms with Crippen molar-refractivity contribution in [2.75, 3.05) is 42.8 Å². The van der Waals surface area contributed by atoms with Gasteiger partial charge in [-0.1, -0.05) is 12.0 Å². The van der Waals surface area contributed by atoms with Gasteiger partial charge >= 0.3 is 6.18 Å². The number of benzene rings is 2. The number of amides is 1. The molecule has 1 fully saturated rings. The molecule has 2 aromatic carbocycles. The van der Waals surface area contributed by atoms with Crippen molar-refractivity contribution < 1.29 is 31.1 Å². The molecule has 0 radical (unpaired) electrons. The minimum atomic E-state index is -4.46. The van der Waals surface area contributed by atoms with E-state index in [1.165, 1.54) is 14.2 Å². The molecule has 0 bridgehead atoms. The van der Waals surface area contributed by atoms with Gasteiger partial charge in [-0.05, 0) is 55.2 Å². The average molecular weight is 563 g/mol. The van der Waals surface area contributed by atoms with E-state index in [-0.39, 0.29) is 35.7 Å². The molecular weight excluding hydrogens is 533 g/mol. The van der Waals surface area contributed by atoms with E-state index in [1.807, 2.05) is 0 Å². The van der Waals surface area contributed by atoms with Crippen molar-refractivity contribution in [1.29, 1.82) is 0 Å². The number of carbonyl (C=O) groups is 1. The average Bonchev–Trinajstić information content (AvgIpc) is 3.24. The number of ether oxygens (including phenoxy) is 1. The van der Waals surface area contributed by atoms with Gasteiger partial charge in [0.05, 0.1) is 42.1 Å². The second-order valence-electron chi connectivity index (χ2n) is 9.19. The van der Waals surface area contributed by atoms with Crippen LogP contribution in [0.4, 0.5) is 24.5 Å². The molecule has 0 atom stereocenters. The Labute approximate surface area is 224 Å². The first kappa shape index (κ1) is 28.2. The van der Waals surface area contributed by atoms with E-state index >= 15 is 0 Å². The van der Waals surface area contributed by atoms with Crippen LogP contribution in [-0.4, -0.2) is 63.3 Å². The predicted octanol–water partition coefficient (Wildman–Crippen LogP) is 4.02. The van der Waals surface area contributed by atoms with E-state index in [0.29, 0.717) is 46.4 Å². The van der Waals surface area contributed by atoms with Crippen molar-refractivity contribution in [1.82, 2.24) is 9.88 Å². The third-order valence-electron chi connectivity index (χ3n) is 6.47. The summed E-state index contributed by atoms with van der Waals surface area (Å²) in [6, 6.07) is 11.4. The first-order chi connectivity index (χ1) is 18.5. The molecule has 208 valence electrons. The lowest BCUT2D eigenvalue weighted by molar-refractivity contribution is -0.140. The summed E-state index contributed by atoms with van der Waals surface area (Å²) in [7, 11) is -0.0475. The number of sulfone groups is 1. The highest BCUT2D eigenvalue weighted by molar-refractivity contribution is 7.91. The van der Waals surface area contributed by atoms with Crippen LogP contribution in [0.1, 0.15) is 28.9 Å². The lowest BCUT2D eigenvalue weighted by Crippen LogP contribution is -2.32. The molecule has 0 unspecified atom stereocenters. The fraction of sp³-hybridized carbons (Fsp3) is 0.370. The molecule has 1 aliphatic rings. The summed E-state index contributed by atoms with van der Waals surface area (Å²) in [4.78, 5) is 11.9. The summed E-state index contributed by atoms with van der Waals surface area (Å²) in [6.07, 6.45) is -3.58. The summed E-state index contributed by atoms with van der Waals surface area (Å²) >= 11 is 0. The molecule has 8 nitrogen and oxygen atoms in total.